The van der Waals surface area contributed by atoms with E-state index in [9.17, 15) is 8.42 Å². The van der Waals surface area contributed by atoms with Gasteiger partial charge in [0.2, 0.25) is 0 Å². The molecule has 3 nitrogen and oxygen atoms in total. The predicted octanol–water partition coefficient (Wildman–Crippen LogP) is 2.44. The number of hydrogen-bond donors (Lipinski definition) is 1. The Bertz CT molecular complexity index is 397. The normalized spacial score (nSPS) is 12.3. The standard InChI is InChI=1S/C8H12BrNO2S2/c1-6(2)5-10-14(11,12)8-7(9)3-4-13-8/h3-4,6,10H,5H2,1-2H3. The maximum Gasteiger partial charge on any atom is 0.251 e. The minimum absolute atomic E-state index is 0.309. The van der Waals surface area contributed by atoms with Crippen LogP contribution in [0.15, 0.2) is 20.1 Å². The highest BCUT2D eigenvalue weighted by Crippen LogP contribution is 2.27. The van der Waals surface area contributed by atoms with Crippen LogP contribution in [0.25, 0.3) is 0 Å². The van der Waals surface area contributed by atoms with E-state index in [0.29, 0.717) is 21.1 Å². The van der Waals surface area contributed by atoms with Crippen LogP contribution in [-0.4, -0.2) is 15.0 Å². The van der Waals surface area contributed by atoms with Gasteiger partial charge in [-0.1, -0.05) is 13.8 Å². The molecule has 0 aliphatic rings. The average molecular weight is 298 g/mol. The van der Waals surface area contributed by atoms with Crippen molar-refractivity contribution in [3.63, 3.8) is 0 Å². The predicted molar refractivity (Wildman–Crippen MR) is 62.0 cm³/mol. The molecule has 0 amide bonds. The Morgan fingerprint density at radius 2 is 2.21 bits per heavy atom. The van der Waals surface area contributed by atoms with Crippen LogP contribution in [0.5, 0.6) is 0 Å². The maximum atomic E-state index is 11.7. The van der Waals surface area contributed by atoms with E-state index in [0.717, 1.165) is 0 Å². The molecule has 0 atom stereocenters. The van der Waals surface area contributed by atoms with E-state index in [1.807, 2.05) is 13.8 Å². The molecule has 0 aromatic carbocycles. The van der Waals surface area contributed by atoms with Crippen LogP contribution in [0.1, 0.15) is 13.8 Å². The van der Waals surface area contributed by atoms with E-state index in [2.05, 4.69) is 20.7 Å². The second kappa shape index (κ2) is 4.74. The summed E-state index contributed by atoms with van der Waals surface area (Å²) in [4.78, 5) is 0. The first-order chi connectivity index (χ1) is 6.43. The molecule has 1 rings (SSSR count). The zero-order valence-corrected chi connectivity index (χ0v) is 11.2. The number of nitrogens with one attached hydrogen (secondary N) is 1. The van der Waals surface area contributed by atoms with Crippen molar-refractivity contribution < 1.29 is 8.42 Å². The fourth-order valence-corrected chi connectivity index (χ4v) is 4.41. The van der Waals surface area contributed by atoms with Crippen molar-refractivity contribution in [1.29, 1.82) is 0 Å². The number of hydrogen-bond acceptors (Lipinski definition) is 3. The van der Waals surface area contributed by atoms with Crippen LogP contribution < -0.4 is 4.72 Å². The van der Waals surface area contributed by atoms with Gasteiger partial charge in [-0.15, -0.1) is 11.3 Å². The molecule has 1 heterocycles. The van der Waals surface area contributed by atoms with E-state index in [1.165, 1.54) is 11.3 Å². The molecule has 0 bridgehead atoms. The first-order valence-electron chi connectivity index (χ1n) is 4.16. The Morgan fingerprint density at radius 3 is 2.64 bits per heavy atom. The molecule has 1 N–H and O–H groups in total. The highest BCUT2D eigenvalue weighted by molar-refractivity contribution is 9.10. The third-order valence-electron chi connectivity index (χ3n) is 1.51. The molecule has 80 valence electrons. The Kier molecular flexibility index (Phi) is 4.12. The molecule has 14 heavy (non-hydrogen) atoms. The van der Waals surface area contributed by atoms with Gasteiger partial charge in [0.05, 0.1) is 0 Å². The van der Waals surface area contributed by atoms with Crippen LogP contribution >= 0.6 is 27.3 Å². The summed E-state index contributed by atoms with van der Waals surface area (Å²) in [5, 5.41) is 1.74. The van der Waals surface area contributed by atoms with Crippen LogP contribution in [0, 0.1) is 5.92 Å². The van der Waals surface area contributed by atoms with E-state index >= 15 is 0 Å². The molecule has 0 radical (unpaired) electrons. The Labute approximate surface area is 96.7 Å². The van der Waals surface area contributed by atoms with Crippen molar-refractivity contribution in [2.45, 2.75) is 18.1 Å². The van der Waals surface area contributed by atoms with Crippen molar-refractivity contribution >= 4 is 37.3 Å². The molecule has 6 heteroatoms. The lowest BCUT2D eigenvalue weighted by atomic mass is 10.2. The van der Waals surface area contributed by atoms with Gasteiger partial charge in [0.1, 0.15) is 4.21 Å². The SMILES string of the molecule is CC(C)CNS(=O)(=O)c1sccc1Br. The molecule has 0 saturated heterocycles. The topological polar surface area (TPSA) is 46.2 Å². The van der Waals surface area contributed by atoms with E-state index < -0.39 is 10.0 Å². The van der Waals surface area contributed by atoms with Crippen molar-refractivity contribution in [3.05, 3.63) is 15.9 Å². The van der Waals surface area contributed by atoms with Gasteiger partial charge < -0.3 is 0 Å². The lowest BCUT2D eigenvalue weighted by Gasteiger charge is -2.07. The lowest BCUT2D eigenvalue weighted by molar-refractivity contribution is 0.561. The van der Waals surface area contributed by atoms with Gasteiger partial charge in [0, 0.05) is 11.0 Å². The van der Waals surface area contributed by atoms with E-state index in [1.54, 1.807) is 11.4 Å². The minimum Gasteiger partial charge on any atom is -0.210 e. The fourth-order valence-electron chi connectivity index (χ4n) is 0.814. The highest BCUT2D eigenvalue weighted by Gasteiger charge is 2.18. The average Bonchev–Trinajstić information content (AvgIpc) is 2.48. The third-order valence-corrected chi connectivity index (χ3v) is 5.60. The van der Waals surface area contributed by atoms with Gasteiger partial charge in [-0.2, -0.15) is 0 Å². The molecule has 0 unspecified atom stereocenters. The van der Waals surface area contributed by atoms with Crippen molar-refractivity contribution in [2.24, 2.45) is 5.92 Å². The van der Waals surface area contributed by atoms with Crippen molar-refractivity contribution in [1.82, 2.24) is 4.72 Å². The van der Waals surface area contributed by atoms with Gasteiger partial charge in [-0.25, -0.2) is 13.1 Å². The fraction of sp³-hybridized carbons (Fsp3) is 0.500. The molecule has 1 aromatic heterocycles. The van der Waals surface area contributed by atoms with Crippen LogP contribution in [0.4, 0.5) is 0 Å². The van der Waals surface area contributed by atoms with Gasteiger partial charge in [-0.05, 0) is 33.3 Å². The number of halogens is 1. The molecule has 0 fully saturated rings. The first kappa shape index (κ1) is 12.2. The van der Waals surface area contributed by atoms with Gasteiger partial charge in [0.25, 0.3) is 10.0 Å². The number of thiophene rings is 1. The molecule has 0 aliphatic carbocycles. The largest absolute Gasteiger partial charge is 0.251 e. The molecule has 0 aliphatic heterocycles. The second-order valence-electron chi connectivity index (χ2n) is 3.30. The van der Waals surface area contributed by atoms with E-state index in [4.69, 9.17) is 0 Å². The Morgan fingerprint density at radius 1 is 1.57 bits per heavy atom. The summed E-state index contributed by atoms with van der Waals surface area (Å²) in [6.07, 6.45) is 0. The minimum atomic E-state index is -3.32. The zero-order chi connectivity index (χ0) is 10.8. The summed E-state index contributed by atoms with van der Waals surface area (Å²) in [6, 6.07) is 1.73. The van der Waals surface area contributed by atoms with Crippen molar-refractivity contribution in [2.75, 3.05) is 6.54 Å². The molecule has 0 spiro atoms. The summed E-state index contributed by atoms with van der Waals surface area (Å²) in [5.74, 6) is 0.309. The summed E-state index contributed by atoms with van der Waals surface area (Å²) in [5.41, 5.74) is 0. The maximum absolute atomic E-state index is 11.7. The molecule has 0 saturated carbocycles. The first-order valence-corrected chi connectivity index (χ1v) is 7.31. The summed E-state index contributed by atoms with van der Waals surface area (Å²) in [6.45, 7) is 4.39. The lowest BCUT2D eigenvalue weighted by Crippen LogP contribution is -2.27. The van der Waals surface area contributed by atoms with Gasteiger partial charge in [-0.3, -0.25) is 0 Å². The summed E-state index contributed by atoms with van der Waals surface area (Å²) in [7, 11) is -3.32. The monoisotopic (exact) mass is 297 g/mol. The van der Waals surface area contributed by atoms with Crippen LogP contribution in [-0.2, 0) is 10.0 Å². The molecular weight excluding hydrogens is 286 g/mol. The Hall–Kier alpha value is 0.0900. The van der Waals surface area contributed by atoms with Gasteiger partial charge >= 0.3 is 0 Å². The zero-order valence-electron chi connectivity index (χ0n) is 7.95. The highest BCUT2D eigenvalue weighted by atomic mass is 79.9. The second-order valence-corrected chi connectivity index (χ2v) is 7.03. The van der Waals surface area contributed by atoms with Crippen LogP contribution in [0.3, 0.4) is 0 Å². The summed E-state index contributed by atoms with van der Waals surface area (Å²) >= 11 is 4.41. The van der Waals surface area contributed by atoms with Crippen molar-refractivity contribution in [3.8, 4) is 0 Å². The number of rotatable bonds is 4. The van der Waals surface area contributed by atoms with E-state index in [-0.39, 0.29) is 0 Å². The molecule has 1 aromatic rings. The molecular formula is C8H12BrNO2S2. The van der Waals surface area contributed by atoms with Crippen LogP contribution in [0.2, 0.25) is 0 Å². The number of sulfonamides is 1. The smallest absolute Gasteiger partial charge is 0.210 e. The third kappa shape index (κ3) is 3.05. The van der Waals surface area contributed by atoms with Gasteiger partial charge in [0.15, 0.2) is 0 Å². The summed E-state index contributed by atoms with van der Waals surface area (Å²) < 4.78 is 26.9. The Balaban J connectivity index is 2.82. The quantitative estimate of drug-likeness (QED) is 0.928.